The molecule has 0 amide bonds. The smallest absolute Gasteiger partial charge is 0.165 e. The molecule has 0 aliphatic carbocycles. The Morgan fingerprint density at radius 1 is 1.60 bits per heavy atom. The molecule has 4 heteroatoms. The molecule has 0 bridgehead atoms. The van der Waals surface area contributed by atoms with Gasteiger partial charge >= 0.3 is 0 Å². The first-order valence-electron chi connectivity index (χ1n) is 4.58. The minimum absolute atomic E-state index is 0.184. The zero-order valence-electron chi connectivity index (χ0n) is 8.41. The Hall–Kier alpha value is -1.06. The first-order chi connectivity index (χ1) is 7.15. The van der Waals surface area contributed by atoms with Crippen LogP contribution in [0, 0.1) is 5.82 Å². The van der Waals surface area contributed by atoms with E-state index < -0.39 is 5.82 Å². The van der Waals surface area contributed by atoms with E-state index in [2.05, 4.69) is 0 Å². The van der Waals surface area contributed by atoms with Crippen LogP contribution in [0.15, 0.2) is 29.8 Å². The van der Waals surface area contributed by atoms with Gasteiger partial charge in [0, 0.05) is 11.6 Å². The van der Waals surface area contributed by atoms with Crippen LogP contribution in [0.1, 0.15) is 18.5 Å². The molecule has 1 aromatic rings. The number of hydrogen-bond donors (Lipinski definition) is 1. The monoisotopic (exact) mass is 229 g/mol. The van der Waals surface area contributed by atoms with E-state index in [9.17, 15) is 4.39 Å². The number of halogens is 2. The Morgan fingerprint density at radius 3 is 2.87 bits per heavy atom. The van der Waals surface area contributed by atoms with E-state index in [-0.39, 0.29) is 18.4 Å². The van der Waals surface area contributed by atoms with Crippen molar-refractivity contribution in [2.24, 2.45) is 5.73 Å². The number of benzene rings is 1. The minimum Gasteiger partial charge on any atom is -0.486 e. The van der Waals surface area contributed by atoms with Gasteiger partial charge in [-0.1, -0.05) is 17.7 Å². The van der Waals surface area contributed by atoms with Gasteiger partial charge in [0.15, 0.2) is 11.6 Å². The quantitative estimate of drug-likeness (QED) is 0.862. The van der Waals surface area contributed by atoms with Gasteiger partial charge < -0.3 is 10.5 Å². The Bertz CT molecular complexity index is 352. The summed E-state index contributed by atoms with van der Waals surface area (Å²) >= 11 is 5.30. The SMILES string of the molecule is C[C@@H](N)c1ccc(OC/C=C/Cl)c(F)c1. The molecule has 0 aliphatic rings. The van der Waals surface area contributed by atoms with Crippen LogP contribution in [0.4, 0.5) is 4.39 Å². The van der Waals surface area contributed by atoms with Crippen LogP contribution in [-0.4, -0.2) is 6.61 Å². The molecule has 0 saturated carbocycles. The van der Waals surface area contributed by atoms with Crippen molar-refractivity contribution < 1.29 is 9.13 Å². The lowest BCUT2D eigenvalue weighted by molar-refractivity contribution is 0.341. The first kappa shape index (κ1) is 12.0. The molecule has 0 saturated heterocycles. The van der Waals surface area contributed by atoms with Crippen LogP contribution >= 0.6 is 11.6 Å². The van der Waals surface area contributed by atoms with E-state index >= 15 is 0 Å². The molecule has 0 spiro atoms. The van der Waals surface area contributed by atoms with E-state index in [1.165, 1.54) is 11.6 Å². The Kier molecular flexibility index (Phi) is 4.59. The third-order valence-electron chi connectivity index (χ3n) is 1.91. The van der Waals surface area contributed by atoms with Crippen molar-refractivity contribution in [3.63, 3.8) is 0 Å². The predicted molar refractivity (Wildman–Crippen MR) is 59.5 cm³/mol. The topological polar surface area (TPSA) is 35.2 Å². The zero-order chi connectivity index (χ0) is 11.3. The van der Waals surface area contributed by atoms with Crippen molar-refractivity contribution >= 4 is 11.6 Å². The third kappa shape index (κ3) is 3.53. The summed E-state index contributed by atoms with van der Waals surface area (Å²) in [5, 5.41) is 0. The summed E-state index contributed by atoms with van der Waals surface area (Å²) in [7, 11) is 0. The summed E-state index contributed by atoms with van der Waals surface area (Å²) in [5.41, 5.74) is 7.69. The molecule has 1 rings (SSSR count). The van der Waals surface area contributed by atoms with E-state index in [0.29, 0.717) is 0 Å². The van der Waals surface area contributed by atoms with E-state index in [0.717, 1.165) is 5.56 Å². The number of ether oxygens (including phenoxy) is 1. The number of rotatable bonds is 4. The van der Waals surface area contributed by atoms with Gasteiger partial charge in [-0.15, -0.1) is 0 Å². The lowest BCUT2D eigenvalue weighted by Crippen LogP contribution is -2.05. The summed E-state index contributed by atoms with van der Waals surface area (Å²) in [5.74, 6) is -0.207. The predicted octanol–water partition coefficient (Wildman–Crippen LogP) is 2.98. The second-order valence-electron chi connectivity index (χ2n) is 3.15. The van der Waals surface area contributed by atoms with Gasteiger partial charge in [0.2, 0.25) is 0 Å². The maximum Gasteiger partial charge on any atom is 0.165 e. The molecule has 15 heavy (non-hydrogen) atoms. The van der Waals surface area contributed by atoms with Gasteiger partial charge in [-0.05, 0) is 30.7 Å². The molecule has 82 valence electrons. The van der Waals surface area contributed by atoms with Gasteiger partial charge in [0.25, 0.3) is 0 Å². The average molecular weight is 230 g/mol. The Labute approximate surface area is 93.5 Å². The second kappa shape index (κ2) is 5.73. The molecule has 1 atom stereocenters. The molecule has 0 radical (unpaired) electrons. The highest BCUT2D eigenvalue weighted by molar-refractivity contribution is 6.25. The van der Waals surface area contributed by atoms with Crippen molar-refractivity contribution in [3.05, 3.63) is 41.2 Å². The summed E-state index contributed by atoms with van der Waals surface area (Å²) in [6.07, 6.45) is 1.58. The van der Waals surface area contributed by atoms with Gasteiger partial charge in [-0.2, -0.15) is 0 Å². The average Bonchev–Trinajstić information content (AvgIpc) is 2.20. The van der Waals surface area contributed by atoms with Crippen molar-refractivity contribution in [2.45, 2.75) is 13.0 Å². The Morgan fingerprint density at radius 2 is 2.33 bits per heavy atom. The number of hydrogen-bond acceptors (Lipinski definition) is 2. The highest BCUT2D eigenvalue weighted by Crippen LogP contribution is 2.20. The van der Waals surface area contributed by atoms with Crippen LogP contribution in [0.25, 0.3) is 0 Å². The third-order valence-corrected chi connectivity index (χ3v) is 2.08. The van der Waals surface area contributed by atoms with Crippen molar-refractivity contribution in [3.8, 4) is 5.75 Å². The van der Waals surface area contributed by atoms with Gasteiger partial charge in [-0.25, -0.2) is 4.39 Å². The summed E-state index contributed by atoms with van der Waals surface area (Å²) in [6, 6.07) is 4.50. The zero-order valence-corrected chi connectivity index (χ0v) is 9.17. The lowest BCUT2D eigenvalue weighted by Gasteiger charge is -2.08. The van der Waals surface area contributed by atoms with E-state index in [4.69, 9.17) is 22.1 Å². The largest absolute Gasteiger partial charge is 0.486 e. The summed E-state index contributed by atoms with van der Waals surface area (Å²) in [6.45, 7) is 2.05. The second-order valence-corrected chi connectivity index (χ2v) is 3.40. The van der Waals surface area contributed by atoms with Crippen molar-refractivity contribution in [1.82, 2.24) is 0 Å². The standard InChI is InChI=1S/C11H13ClFNO/c1-8(14)9-3-4-11(10(13)7-9)15-6-2-5-12/h2-5,7-8H,6,14H2,1H3/b5-2+/t8-/m1/s1. The molecule has 0 fully saturated rings. The van der Waals surface area contributed by atoms with Gasteiger partial charge in [0.05, 0.1) is 0 Å². The molecule has 2 nitrogen and oxygen atoms in total. The van der Waals surface area contributed by atoms with Gasteiger partial charge in [0.1, 0.15) is 6.61 Å². The molecule has 0 unspecified atom stereocenters. The molecule has 1 aromatic carbocycles. The highest BCUT2D eigenvalue weighted by atomic mass is 35.5. The van der Waals surface area contributed by atoms with E-state index in [1.54, 1.807) is 25.1 Å². The molecular formula is C11H13ClFNO. The summed E-state index contributed by atoms with van der Waals surface area (Å²) in [4.78, 5) is 0. The van der Waals surface area contributed by atoms with Gasteiger partial charge in [-0.3, -0.25) is 0 Å². The van der Waals surface area contributed by atoms with Crippen LogP contribution in [-0.2, 0) is 0 Å². The molecule has 0 aliphatic heterocycles. The fourth-order valence-corrected chi connectivity index (χ4v) is 1.16. The molecule has 0 heterocycles. The van der Waals surface area contributed by atoms with Crippen molar-refractivity contribution in [2.75, 3.05) is 6.61 Å². The fraction of sp³-hybridized carbons (Fsp3) is 0.273. The van der Waals surface area contributed by atoms with E-state index in [1.807, 2.05) is 0 Å². The summed E-state index contributed by atoms with van der Waals surface area (Å²) < 4.78 is 18.5. The Balaban J connectivity index is 2.74. The van der Waals surface area contributed by atoms with Crippen LogP contribution < -0.4 is 10.5 Å². The van der Waals surface area contributed by atoms with Crippen molar-refractivity contribution in [1.29, 1.82) is 0 Å². The fourth-order valence-electron chi connectivity index (χ4n) is 1.09. The maximum atomic E-state index is 13.4. The van der Waals surface area contributed by atoms with Crippen LogP contribution in [0.3, 0.4) is 0 Å². The highest BCUT2D eigenvalue weighted by Gasteiger charge is 2.06. The minimum atomic E-state index is -0.409. The molecule has 0 aromatic heterocycles. The van der Waals surface area contributed by atoms with Crippen LogP contribution in [0.5, 0.6) is 5.75 Å². The number of nitrogens with two attached hydrogens (primary N) is 1. The molecule has 2 N–H and O–H groups in total. The van der Waals surface area contributed by atoms with Crippen LogP contribution in [0.2, 0.25) is 0 Å². The molecular weight excluding hydrogens is 217 g/mol. The lowest BCUT2D eigenvalue weighted by atomic mass is 10.1. The normalized spacial score (nSPS) is 13.1. The first-order valence-corrected chi connectivity index (χ1v) is 5.02. The maximum absolute atomic E-state index is 13.4.